The van der Waals surface area contributed by atoms with Crippen LogP contribution < -0.4 is 10.6 Å². The molecule has 2 fully saturated rings. The fourth-order valence-electron chi connectivity index (χ4n) is 3.01. The smallest absolute Gasteiger partial charge is 0.228 e. The first-order chi connectivity index (χ1) is 7.54. The summed E-state index contributed by atoms with van der Waals surface area (Å²) in [4.78, 5) is 12.4. The van der Waals surface area contributed by atoms with Crippen molar-refractivity contribution in [2.75, 3.05) is 13.1 Å². The number of amides is 1. The Morgan fingerprint density at radius 1 is 1.44 bits per heavy atom. The zero-order valence-electron chi connectivity index (χ0n) is 10.7. The number of nitrogens with one attached hydrogen (secondary N) is 2. The fourth-order valence-corrected chi connectivity index (χ4v) is 3.01. The van der Waals surface area contributed by atoms with Crippen molar-refractivity contribution in [3.63, 3.8) is 0 Å². The van der Waals surface area contributed by atoms with E-state index in [1.807, 2.05) is 0 Å². The molecule has 0 radical (unpaired) electrons. The molecule has 2 rings (SSSR count). The van der Waals surface area contributed by atoms with Crippen LogP contribution in [0.1, 0.15) is 40.0 Å². The van der Waals surface area contributed by atoms with E-state index < -0.39 is 0 Å². The Balaban J connectivity index is 1.95. The van der Waals surface area contributed by atoms with Crippen LogP contribution in [-0.2, 0) is 4.79 Å². The third kappa shape index (κ3) is 1.97. The summed E-state index contributed by atoms with van der Waals surface area (Å²) < 4.78 is 0. The summed E-state index contributed by atoms with van der Waals surface area (Å²) in [6.45, 7) is 8.40. The second-order valence-electron chi connectivity index (χ2n) is 5.98. The fraction of sp³-hybridized carbons (Fsp3) is 0.923. The molecule has 0 bridgehead atoms. The van der Waals surface area contributed by atoms with E-state index in [4.69, 9.17) is 0 Å². The number of carbonyl (C=O) groups excluding carboxylic acids is 1. The summed E-state index contributed by atoms with van der Waals surface area (Å²) in [5.74, 6) is 1.49. The molecule has 1 amide bonds. The van der Waals surface area contributed by atoms with E-state index in [0.717, 1.165) is 38.3 Å². The number of hydrogen-bond acceptors (Lipinski definition) is 2. The third-order valence-corrected chi connectivity index (χ3v) is 4.45. The molecule has 1 saturated heterocycles. The van der Waals surface area contributed by atoms with Crippen molar-refractivity contribution in [3.8, 4) is 0 Å². The zero-order valence-corrected chi connectivity index (χ0v) is 10.7. The van der Waals surface area contributed by atoms with Gasteiger partial charge in [-0.1, -0.05) is 20.8 Å². The minimum absolute atomic E-state index is 0.154. The number of carbonyl (C=O) groups is 1. The van der Waals surface area contributed by atoms with Crippen LogP contribution in [0.2, 0.25) is 0 Å². The Hall–Kier alpha value is -0.570. The number of hydrogen-bond donors (Lipinski definition) is 2. The van der Waals surface area contributed by atoms with Gasteiger partial charge in [0.1, 0.15) is 0 Å². The Bertz CT molecular complexity index is 263. The average molecular weight is 224 g/mol. The van der Waals surface area contributed by atoms with Crippen molar-refractivity contribution in [1.29, 1.82) is 0 Å². The number of rotatable bonds is 3. The second kappa shape index (κ2) is 4.36. The van der Waals surface area contributed by atoms with Gasteiger partial charge in [-0.15, -0.1) is 0 Å². The molecule has 1 saturated carbocycles. The van der Waals surface area contributed by atoms with Crippen LogP contribution in [0.3, 0.4) is 0 Å². The van der Waals surface area contributed by atoms with Crippen LogP contribution in [0.25, 0.3) is 0 Å². The van der Waals surface area contributed by atoms with Crippen molar-refractivity contribution in [2.45, 2.75) is 46.1 Å². The van der Waals surface area contributed by atoms with Crippen LogP contribution in [0, 0.1) is 17.3 Å². The van der Waals surface area contributed by atoms with Crippen LogP contribution in [0.15, 0.2) is 0 Å². The van der Waals surface area contributed by atoms with Gasteiger partial charge in [-0.3, -0.25) is 4.79 Å². The van der Waals surface area contributed by atoms with Gasteiger partial charge in [0.05, 0.1) is 5.41 Å². The van der Waals surface area contributed by atoms with Gasteiger partial charge in [-0.2, -0.15) is 0 Å². The van der Waals surface area contributed by atoms with E-state index in [1.165, 1.54) is 0 Å². The summed E-state index contributed by atoms with van der Waals surface area (Å²) in [7, 11) is 0. The quantitative estimate of drug-likeness (QED) is 0.763. The second-order valence-corrected chi connectivity index (χ2v) is 5.98. The topological polar surface area (TPSA) is 41.1 Å². The summed E-state index contributed by atoms with van der Waals surface area (Å²) in [6, 6.07) is 0.443. The first-order valence-electron chi connectivity index (χ1n) is 6.56. The molecule has 2 aliphatic rings. The molecule has 1 aliphatic carbocycles. The van der Waals surface area contributed by atoms with E-state index in [2.05, 4.69) is 31.4 Å². The molecule has 0 spiro atoms. The average Bonchev–Trinajstić information content (AvgIpc) is 2.64. The Kier molecular flexibility index (Phi) is 3.24. The third-order valence-electron chi connectivity index (χ3n) is 4.45. The summed E-state index contributed by atoms with van der Waals surface area (Å²) in [5.41, 5.74) is -0.154. The molecule has 0 aromatic rings. The lowest BCUT2D eigenvalue weighted by molar-refractivity contribution is -0.134. The standard InChI is InChI=1S/C13H24N2O/c1-9(2)13(4-5-14-8-13)12(16)15-11-6-10(3)7-11/h9-11,14H,4-8H2,1-3H3,(H,15,16). The molecule has 1 unspecified atom stereocenters. The van der Waals surface area contributed by atoms with Gasteiger partial charge in [-0.05, 0) is 37.6 Å². The lowest BCUT2D eigenvalue weighted by atomic mass is 9.74. The van der Waals surface area contributed by atoms with Gasteiger partial charge in [0.25, 0.3) is 0 Å². The minimum atomic E-state index is -0.154. The predicted octanol–water partition coefficient (Wildman–Crippen LogP) is 1.54. The Morgan fingerprint density at radius 2 is 2.12 bits per heavy atom. The molecular weight excluding hydrogens is 200 g/mol. The summed E-state index contributed by atoms with van der Waals surface area (Å²) in [5, 5.41) is 6.56. The molecule has 0 aromatic heterocycles. The maximum atomic E-state index is 12.4. The van der Waals surface area contributed by atoms with E-state index in [0.29, 0.717) is 12.0 Å². The molecule has 1 atom stereocenters. The van der Waals surface area contributed by atoms with E-state index >= 15 is 0 Å². The minimum Gasteiger partial charge on any atom is -0.353 e. The molecule has 92 valence electrons. The Morgan fingerprint density at radius 3 is 2.56 bits per heavy atom. The van der Waals surface area contributed by atoms with Crippen molar-refractivity contribution in [3.05, 3.63) is 0 Å². The first-order valence-corrected chi connectivity index (χ1v) is 6.56. The van der Waals surface area contributed by atoms with Crippen molar-refractivity contribution in [1.82, 2.24) is 10.6 Å². The highest BCUT2D eigenvalue weighted by Gasteiger charge is 2.45. The monoisotopic (exact) mass is 224 g/mol. The highest BCUT2D eigenvalue weighted by Crippen LogP contribution is 2.35. The van der Waals surface area contributed by atoms with Crippen LogP contribution in [0.5, 0.6) is 0 Å². The van der Waals surface area contributed by atoms with E-state index in [-0.39, 0.29) is 11.3 Å². The maximum absolute atomic E-state index is 12.4. The molecular formula is C13H24N2O. The summed E-state index contributed by atoms with van der Waals surface area (Å²) >= 11 is 0. The highest BCUT2D eigenvalue weighted by atomic mass is 16.2. The van der Waals surface area contributed by atoms with E-state index in [9.17, 15) is 4.79 Å². The highest BCUT2D eigenvalue weighted by molar-refractivity contribution is 5.84. The zero-order chi connectivity index (χ0) is 11.8. The lowest BCUT2D eigenvalue weighted by Crippen LogP contribution is -2.52. The van der Waals surface area contributed by atoms with Crippen LogP contribution >= 0.6 is 0 Å². The maximum Gasteiger partial charge on any atom is 0.228 e. The predicted molar refractivity (Wildman–Crippen MR) is 65.1 cm³/mol. The normalized spacial score (nSPS) is 38.5. The molecule has 3 heteroatoms. The van der Waals surface area contributed by atoms with Gasteiger partial charge in [0.2, 0.25) is 5.91 Å². The Labute approximate surface area is 98.4 Å². The van der Waals surface area contributed by atoms with Crippen molar-refractivity contribution in [2.24, 2.45) is 17.3 Å². The molecule has 0 aromatic carbocycles. The molecule has 1 aliphatic heterocycles. The summed E-state index contributed by atoms with van der Waals surface area (Å²) in [6.07, 6.45) is 3.31. The largest absolute Gasteiger partial charge is 0.353 e. The van der Waals surface area contributed by atoms with Crippen molar-refractivity contribution >= 4 is 5.91 Å². The molecule has 2 N–H and O–H groups in total. The molecule has 3 nitrogen and oxygen atoms in total. The van der Waals surface area contributed by atoms with Gasteiger partial charge in [-0.25, -0.2) is 0 Å². The molecule has 16 heavy (non-hydrogen) atoms. The van der Waals surface area contributed by atoms with Gasteiger partial charge >= 0.3 is 0 Å². The SMILES string of the molecule is CC1CC(NC(=O)C2(C(C)C)CCNC2)C1. The van der Waals surface area contributed by atoms with E-state index in [1.54, 1.807) is 0 Å². The van der Waals surface area contributed by atoms with Crippen LogP contribution in [-0.4, -0.2) is 25.0 Å². The van der Waals surface area contributed by atoms with Crippen molar-refractivity contribution < 1.29 is 4.79 Å². The molecule has 1 heterocycles. The van der Waals surface area contributed by atoms with Crippen LogP contribution in [0.4, 0.5) is 0 Å². The van der Waals surface area contributed by atoms with Gasteiger partial charge in [0, 0.05) is 12.6 Å². The first kappa shape index (κ1) is 11.9. The van der Waals surface area contributed by atoms with Gasteiger partial charge < -0.3 is 10.6 Å². The van der Waals surface area contributed by atoms with Gasteiger partial charge in [0.15, 0.2) is 0 Å². The lowest BCUT2D eigenvalue weighted by Gasteiger charge is -2.38.